The monoisotopic (exact) mass is 357 g/mol. The molecule has 2 aromatic carbocycles. The first-order valence-corrected chi connectivity index (χ1v) is 8.49. The molecule has 3 heterocycles. The van der Waals surface area contributed by atoms with Crippen LogP contribution in [-0.4, -0.2) is 29.8 Å². The third-order valence-corrected chi connectivity index (χ3v) is 4.35. The molecule has 27 heavy (non-hydrogen) atoms. The zero-order valence-corrected chi connectivity index (χ0v) is 14.2. The molecule has 0 amide bonds. The third kappa shape index (κ3) is 2.82. The maximum Gasteiger partial charge on any atom is 0.323 e. The Kier molecular flexibility index (Phi) is 3.46. The number of H-pyrrole nitrogens is 2. The number of hydrogen-bond acceptors (Lipinski definition) is 5. The average molecular weight is 357 g/mol. The minimum absolute atomic E-state index is 0.205. The van der Waals surface area contributed by atoms with E-state index in [0.717, 1.165) is 22.2 Å². The zero-order chi connectivity index (χ0) is 18.2. The van der Waals surface area contributed by atoms with Crippen molar-refractivity contribution < 1.29 is 0 Å². The van der Waals surface area contributed by atoms with Crippen LogP contribution in [0.15, 0.2) is 65.5 Å². The quantitative estimate of drug-likeness (QED) is 0.459. The summed E-state index contributed by atoms with van der Waals surface area (Å²) in [5.41, 5.74) is 4.05. The fourth-order valence-electron chi connectivity index (χ4n) is 3.03. The molecule has 8 nitrogen and oxygen atoms in total. The van der Waals surface area contributed by atoms with Gasteiger partial charge in [-0.15, -0.1) is 15.3 Å². The SMILES string of the molecule is O=c1[nH]c2ccc(CNc3ccc4nnc(-c5ccccc5)n4n3)cc2[nH]1. The number of aromatic nitrogens is 6. The van der Waals surface area contributed by atoms with Crippen molar-refractivity contribution in [2.75, 3.05) is 5.32 Å². The van der Waals surface area contributed by atoms with Crippen LogP contribution in [0.2, 0.25) is 0 Å². The summed E-state index contributed by atoms with van der Waals surface area (Å²) in [5, 5.41) is 16.3. The molecule has 0 bridgehead atoms. The van der Waals surface area contributed by atoms with Crippen molar-refractivity contribution in [3.05, 3.63) is 76.7 Å². The molecule has 0 spiro atoms. The average Bonchev–Trinajstić information content (AvgIpc) is 3.28. The fourth-order valence-corrected chi connectivity index (χ4v) is 3.03. The molecule has 0 saturated heterocycles. The van der Waals surface area contributed by atoms with Gasteiger partial charge in [0.1, 0.15) is 5.82 Å². The molecule has 0 aliphatic rings. The molecule has 0 aliphatic heterocycles. The van der Waals surface area contributed by atoms with Gasteiger partial charge in [0, 0.05) is 12.1 Å². The smallest absolute Gasteiger partial charge is 0.323 e. The lowest BCUT2D eigenvalue weighted by Crippen LogP contribution is -2.04. The van der Waals surface area contributed by atoms with Gasteiger partial charge in [0.25, 0.3) is 0 Å². The minimum Gasteiger partial charge on any atom is -0.365 e. The first-order chi connectivity index (χ1) is 13.3. The van der Waals surface area contributed by atoms with E-state index in [1.54, 1.807) is 4.52 Å². The second kappa shape index (κ2) is 6.10. The Balaban J connectivity index is 1.43. The molecular formula is C19H15N7O. The number of benzene rings is 2. The number of anilines is 1. The molecule has 3 aromatic heterocycles. The molecule has 0 radical (unpaired) electrons. The molecule has 3 N–H and O–H groups in total. The van der Waals surface area contributed by atoms with Crippen LogP contribution in [0.4, 0.5) is 5.82 Å². The number of hydrogen-bond donors (Lipinski definition) is 3. The molecule has 0 fully saturated rings. The first-order valence-electron chi connectivity index (χ1n) is 8.49. The Bertz CT molecular complexity index is 1300. The lowest BCUT2D eigenvalue weighted by molar-refractivity contribution is 0.925. The maximum atomic E-state index is 11.4. The van der Waals surface area contributed by atoms with Gasteiger partial charge in [-0.25, -0.2) is 4.79 Å². The van der Waals surface area contributed by atoms with Crippen LogP contribution in [0.5, 0.6) is 0 Å². The van der Waals surface area contributed by atoms with Gasteiger partial charge in [0.05, 0.1) is 11.0 Å². The zero-order valence-electron chi connectivity index (χ0n) is 14.2. The second-order valence-corrected chi connectivity index (χ2v) is 6.19. The van der Waals surface area contributed by atoms with Gasteiger partial charge < -0.3 is 15.3 Å². The summed E-state index contributed by atoms with van der Waals surface area (Å²) < 4.78 is 1.73. The molecule has 132 valence electrons. The Morgan fingerprint density at radius 3 is 2.67 bits per heavy atom. The van der Waals surface area contributed by atoms with Gasteiger partial charge in [-0.05, 0) is 29.8 Å². The van der Waals surface area contributed by atoms with Crippen molar-refractivity contribution in [3.8, 4) is 11.4 Å². The molecule has 0 aliphatic carbocycles. The van der Waals surface area contributed by atoms with E-state index >= 15 is 0 Å². The van der Waals surface area contributed by atoms with Gasteiger partial charge in [0.2, 0.25) is 0 Å². The highest BCUT2D eigenvalue weighted by atomic mass is 16.1. The predicted octanol–water partition coefficient (Wildman–Crippen LogP) is 2.57. The Hall–Kier alpha value is -3.94. The van der Waals surface area contributed by atoms with Crippen LogP contribution in [0.25, 0.3) is 28.1 Å². The summed E-state index contributed by atoms with van der Waals surface area (Å²) in [7, 11) is 0. The topological polar surface area (TPSA) is 104 Å². The lowest BCUT2D eigenvalue weighted by Gasteiger charge is -2.07. The summed E-state index contributed by atoms with van der Waals surface area (Å²) in [5.74, 6) is 1.41. The van der Waals surface area contributed by atoms with E-state index in [4.69, 9.17) is 0 Å². The third-order valence-electron chi connectivity index (χ3n) is 4.35. The number of nitrogens with one attached hydrogen (secondary N) is 3. The van der Waals surface area contributed by atoms with Crippen molar-refractivity contribution in [2.45, 2.75) is 6.54 Å². The number of imidazole rings is 1. The second-order valence-electron chi connectivity index (χ2n) is 6.19. The van der Waals surface area contributed by atoms with Crippen molar-refractivity contribution in [2.24, 2.45) is 0 Å². The highest BCUT2D eigenvalue weighted by molar-refractivity contribution is 5.75. The van der Waals surface area contributed by atoms with E-state index in [1.165, 1.54) is 0 Å². The first kappa shape index (κ1) is 15.3. The standard InChI is InChI=1S/C19H15N7O/c27-19-21-14-7-6-12(10-15(14)22-19)11-20-16-8-9-17-23-24-18(26(17)25-16)13-4-2-1-3-5-13/h1-10H,11H2,(H,20,25)(H2,21,22,27). The van der Waals surface area contributed by atoms with E-state index in [2.05, 4.69) is 30.6 Å². The molecular weight excluding hydrogens is 342 g/mol. The molecule has 5 rings (SSSR count). The van der Waals surface area contributed by atoms with Gasteiger partial charge in [0.15, 0.2) is 11.5 Å². The van der Waals surface area contributed by atoms with Crippen LogP contribution in [0, 0.1) is 0 Å². The number of nitrogens with zero attached hydrogens (tertiary/aromatic N) is 4. The predicted molar refractivity (Wildman–Crippen MR) is 102 cm³/mol. The molecule has 8 heteroatoms. The van der Waals surface area contributed by atoms with Crippen molar-refractivity contribution >= 4 is 22.5 Å². The van der Waals surface area contributed by atoms with Crippen molar-refractivity contribution in [1.29, 1.82) is 0 Å². The summed E-state index contributed by atoms with van der Waals surface area (Å²) in [6, 6.07) is 19.4. The van der Waals surface area contributed by atoms with Crippen LogP contribution in [0.1, 0.15) is 5.56 Å². The van der Waals surface area contributed by atoms with E-state index in [1.807, 2.05) is 60.7 Å². The Morgan fingerprint density at radius 1 is 0.926 bits per heavy atom. The van der Waals surface area contributed by atoms with E-state index < -0.39 is 0 Å². The molecule has 0 atom stereocenters. The fraction of sp³-hybridized carbons (Fsp3) is 0.0526. The van der Waals surface area contributed by atoms with Crippen LogP contribution < -0.4 is 11.0 Å². The number of fused-ring (bicyclic) bond motifs is 2. The van der Waals surface area contributed by atoms with Crippen LogP contribution in [0.3, 0.4) is 0 Å². The summed E-state index contributed by atoms with van der Waals surface area (Å²) in [4.78, 5) is 16.9. The van der Waals surface area contributed by atoms with Gasteiger partial charge in [-0.2, -0.15) is 4.52 Å². The lowest BCUT2D eigenvalue weighted by atomic mass is 10.2. The van der Waals surface area contributed by atoms with Gasteiger partial charge in [-0.1, -0.05) is 36.4 Å². The number of rotatable bonds is 4. The largest absolute Gasteiger partial charge is 0.365 e. The van der Waals surface area contributed by atoms with Crippen LogP contribution in [-0.2, 0) is 6.54 Å². The minimum atomic E-state index is -0.205. The van der Waals surface area contributed by atoms with E-state index in [0.29, 0.717) is 23.8 Å². The maximum absolute atomic E-state index is 11.4. The highest BCUT2D eigenvalue weighted by Gasteiger charge is 2.09. The van der Waals surface area contributed by atoms with E-state index in [9.17, 15) is 4.79 Å². The molecule has 5 aromatic rings. The number of aromatic amines is 2. The van der Waals surface area contributed by atoms with Crippen molar-refractivity contribution in [3.63, 3.8) is 0 Å². The van der Waals surface area contributed by atoms with Crippen molar-refractivity contribution in [1.82, 2.24) is 29.8 Å². The molecule has 0 saturated carbocycles. The Labute approximate surface area is 152 Å². The van der Waals surface area contributed by atoms with Gasteiger partial charge >= 0.3 is 5.69 Å². The van der Waals surface area contributed by atoms with Crippen LogP contribution >= 0.6 is 0 Å². The summed E-state index contributed by atoms with van der Waals surface area (Å²) >= 11 is 0. The normalized spacial score (nSPS) is 11.3. The Morgan fingerprint density at radius 2 is 1.78 bits per heavy atom. The van der Waals surface area contributed by atoms with Gasteiger partial charge in [-0.3, -0.25) is 0 Å². The van der Waals surface area contributed by atoms with E-state index in [-0.39, 0.29) is 5.69 Å². The summed E-state index contributed by atoms with van der Waals surface area (Å²) in [6.07, 6.45) is 0. The molecule has 0 unspecified atom stereocenters. The highest BCUT2D eigenvalue weighted by Crippen LogP contribution is 2.18. The summed E-state index contributed by atoms with van der Waals surface area (Å²) in [6.45, 7) is 0.574.